The highest BCUT2D eigenvalue weighted by molar-refractivity contribution is 5.18. The third-order valence-corrected chi connectivity index (χ3v) is 3.65. The van der Waals surface area contributed by atoms with Gasteiger partial charge < -0.3 is 9.30 Å². The predicted molar refractivity (Wildman–Crippen MR) is 62.3 cm³/mol. The maximum absolute atomic E-state index is 5.21. The molecular formula is C13H21NO. The van der Waals surface area contributed by atoms with E-state index in [9.17, 15) is 0 Å². The van der Waals surface area contributed by atoms with E-state index in [2.05, 4.69) is 30.8 Å². The first kappa shape index (κ1) is 10.6. The van der Waals surface area contributed by atoms with E-state index < -0.39 is 0 Å². The van der Waals surface area contributed by atoms with Gasteiger partial charge in [0.15, 0.2) is 0 Å². The molecule has 2 nitrogen and oxygen atoms in total. The van der Waals surface area contributed by atoms with Crippen molar-refractivity contribution in [2.45, 2.75) is 45.6 Å². The van der Waals surface area contributed by atoms with Crippen molar-refractivity contribution in [3.05, 3.63) is 18.5 Å². The Hall–Kier alpha value is -0.920. The third-order valence-electron chi connectivity index (χ3n) is 3.65. The molecule has 1 aromatic rings. The van der Waals surface area contributed by atoms with Gasteiger partial charge in [-0.05, 0) is 37.2 Å². The molecule has 2 rings (SSSR count). The van der Waals surface area contributed by atoms with Crippen molar-refractivity contribution >= 4 is 0 Å². The highest BCUT2D eigenvalue weighted by Crippen LogP contribution is 2.40. The van der Waals surface area contributed by atoms with Gasteiger partial charge in [-0.2, -0.15) is 0 Å². The Bertz CT molecular complexity index is 317. The Labute approximate surface area is 92.2 Å². The first-order valence-corrected chi connectivity index (χ1v) is 5.82. The molecule has 2 heteroatoms. The van der Waals surface area contributed by atoms with E-state index in [0.717, 1.165) is 5.75 Å². The largest absolute Gasteiger partial charge is 0.495 e. The van der Waals surface area contributed by atoms with Crippen LogP contribution in [-0.2, 0) is 0 Å². The van der Waals surface area contributed by atoms with Crippen molar-refractivity contribution in [3.8, 4) is 5.75 Å². The molecule has 0 aliphatic heterocycles. The topological polar surface area (TPSA) is 14.2 Å². The maximum Gasteiger partial charge on any atom is 0.136 e. The molecule has 0 aromatic carbocycles. The number of methoxy groups -OCH3 is 1. The van der Waals surface area contributed by atoms with Crippen LogP contribution < -0.4 is 4.74 Å². The molecule has 0 bridgehead atoms. The molecule has 15 heavy (non-hydrogen) atoms. The van der Waals surface area contributed by atoms with Gasteiger partial charge in [-0.15, -0.1) is 0 Å². The van der Waals surface area contributed by atoms with Crippen LogP contribution in [-0.4, -0.2) is 11.7 Å². The minimum Gasteiger partial charge on any atom is -0.495 e. The summed E-state index contributed by atoms with van der Waals surface area (Å²) >= 11 is 0. The molecular weight excluding hydrogens is 186 g/mol. The number of nitrogens with zero attached hydrogens (tertiary/aromatic N) is 1. The zero-order valence-corrected chi connectivity index (χ0v) is 9.99. The van der Waals surface area contributed by atoms with Crippen molar-refractivity contribution in [1.82, 2.24) is 4.57 Å². The third kappa shape index (κ3) is 2.36. The van der Waals surface area contributed by atoms with Gasteiger partial charge in [0.2, 0.25) is 0 Å². The molecule has 0 unspecified atom stereocenters. The minimum absolute atomic E-state index is 0.549. The first-order valence-electron chi connectivity index (χ1n) is 5.82. The highest BCUT2D eigenvalue weighted by Gasteiger charge is 2.27. The summed E-state index contributed by atoms with van der Waals surface area (Å²) in [6, 6.07) is 2.72. The number of hydrogen-bond donors (Lipinski definition) is 0. The van der Waals surface area contributed by atoms with Crippen LogP contribution in [0.1, 0.15) is 45.6 Å². The van der Waals surface area contributed by atoms with Crippen LogP contribution in [0.5, 0.6) is 5.75 Å². The second-order valence-electron chi connectivity index (χ2n) is 5.39. The fourth-order valence-electron chi connectivity index (χ4n) is 2.42. The van der Waals surface area contributed by atoms with E-state index in [1.54, 1.807) is 7.11 Å². The summed E-state index contributed by atoms with van der Waals surface area (Å²) in [5.41, 5.74) is 0.549. The van der Waals surface area contributed by atoms with Crippen molar-refractivity contribution in [2.75, 3.05) is 7.11 Å². The SMILES string of the molecule is COc1ccn(C2CCC(C)(C)CC2)c1. The summed E-state index contributed by atoms with van der Waals surface area (Å²) in [4.78, 5) is 0. The molecule has 1 heterocycles. The van der Waals surface area contributed by atoms with Crippen LogP contribution in [0.4, 0.5) is 0 Å². The van der Waals surface area contributed by atoms with E-state index in [4.69, 9.17) is 4.74 Å². The first-order chi connectivity index (χ1) is 7.11. The van der Waals surface area contributed by atoms with Gasteiger partial charge in [0.05, 0.1) is 7.11 Å². The Morgan fingerprint density at radius 2 is 2.00 bits per heavy atom. The van der Waals surface area contributed by atoms with E-state index in [0.29, 0.717) is 11.5 Å². The standard InChI is InChI=1S/C13H21NO/c1-13(2)7-4-11(5-8-13)14-9-6-12(10-14)15-3/h6,9-11H,4-5,7-8H2,1-3H3. The fraction of sp³-hybridized carbons (Fsp3) is 0.692. The lowest BCUT2D eigenvalue weighted by atomic mass is 9.75. The number of rotatable bonds is 2. The minimum atomic E-state index is 0.549. The zero-order chi connectivity index (χ0) is 10.9. The average molecular weight is 207 g/mol. The summed E-state index contributed by atoms with van der Waals surface area (Å²) in [5.74, 6) is 0.972. The normalized spacial score (nSPS) is 21.5. The zero-order valence-electron chi connectivity index (χ0n) is 9.99. The molecule has 1 aliphatic carbocycles. The summed E-state index contributed by atoms with van der Waals surface area (Å²) < 4.78 is 7.52. The molecule has 1 fully saturated rings. The molecule has 84 valence electrons. The van der Waals surface area contributed by atoms with Gasteiger partial charge in [0, 0.05) is 18.4 Å². The Kier molecular flexibility index (Phi) is 2.76. The Morgan fingerprint density at radius 3 is 2.53 bits per heavy atom. The lowest BCUT2D eigenvalue weighted by molar-refractivity contribution is 0.193. The summed E-state index contributed by atoms with van der Waals surface area (Å²) in [6.45, 7) is 4.75. The van der Waals surface area contributed by atoms with E-state index in [-0.39, 0.29) is 0 Å². The summed E-state index contributed by atoms with van der Waals surface area (Å²) in [7, 11) is 1.73. The Balaban J connectivity index is 2.01. The average Bonchev–Trinajstić information content (AvgIpc) is 2.66. The van der Waals surface area contributed by atoms with Crippen LogP contribution in [0, 0.1) is 5.41 Å². The van der Waals surface area contributed by atoms with E-state index in [1.807, 2.05) is 6.07 Å². The molecule has 1 aromatic heterocycles. The van der Waals surface area contributed by atoms with Crippen LogP contribution in [0.25, 0.3) is 0 Å². The van der Waals surface area contributed by atoms with Gasteiger partial charge in [-0.25, -0.2) is 0 Å². The molecule has 0 amide bonds. The second kappa shape index (κ2) is 3.92. The van der Waals surface area contributed by atoms with Crippen LogP contribution in [0.3, 0.4) is 0 Å². The smallest absolute Gasteiger partial charge is 0.136 e. The number of hydrogen-bond acceptors (Lipinski definition) is 1. The molecule has 0 spiro atoms. The van der Waals surface area contributed by atoms with Crippen LogP contribution in [0.15, 0.2) is 18.5 Å². The Morgan fingerprint density at radius 1 is 1.33 bits per heavy atom. The molecule has 0 N–H and O–H groups in total. The molecule has 0 saturated heterocycles. The van der Waals surface area contributed by atoms with Crippen molar-refractivity contribution in [2.24, 2.45) is 5.41 Å². The quantitative estimate of drug-likeness (QED) is 0.722. The predicted octanol–water partition coefficient (Wildman–Crippen LogP) is 3.64. The molecule has 0 atom stereocenters. The van der Waals surface area contributed by atoms with Gasteiger partial charge in [-0.3, -0.25) is 0 Å². The van der Waals surface area contributed by atoms with Gasteiger partial charge >= 0.3 is 0 Å². The van der Waals surface area contributed by atoms with E-state index >= 15 is 0 Å². The lowest BCUT2D eigenvalue weighted by Gasteiger charge is -2.34. The molecule has 1 aliphatic rings. The van der Waals surface area contributed by atoms with Crippen LogP contribution in [0.2, 0.25) is 0 Å². The van der Waals surface area contributed by atoms with E-state index in [1.165, 1.54) is 25.7 Å². The van der Waals surface area contributed by atoms with Crippen molar-refractivity contribution < 1.29 is 4.74 Å². The molecule has 0 radical (unpaired) electrons. The van der Waals surface area contributed by atoms with Gasteiger partial charge in [0.1, 0.15) is 5.75 Å². The number of ether oxygens (including phenoxy) is 1. The maximum atomic E-state index is 5.21. The fourth-order valence-corrected chi connectivity index (χ4v) is 2.42. The number of aromatic nitrogens is 1. The van der Waals surface area contributed by atoms with Gasteiger partial charge in [0.25, 0.3) is 0 Å². The lowest BCUT2D eigenvalue weighted by Crippen LogP contribution is -2.22. The summed E-state index contributed by atoms with van der Waals surface area (Å²) in [5, 5.41) is 0. The van der Waals surface area contributed by atoms with Crippen molar-refractivity contribution in [3.63, 3.8) is 0 Å². The van der Waals surface area contributed by atoms with Crippen LogP contribution >= 0.6 is 0 Å². The second-order valence-corrected chi connectivity index (χ2v) is 5.39. The highest BCUT2D eigenvalue weighted by atomic mass is 16.5. The van der Waals surface area contributed by atoms with Crippen molar-refractivity contribution in [1.29, 1.82) is 0 Å². The van der Waals surface area contributed by atoms with Gasteiger partial charge in [-0.1, -0.05) is 13.8 Å². The monoisotopic (exact) mass is 207 g/mol. The summed E-state index contributed by atoms with van der Waals surface area (Å²) in [6.07, 6.45) is 9.51. The molecule has 1 saturated carbocycles.